The van der Waals surface area contributed by atoms with Crippen molar-refractivity contribution < 1.29 is 4.79 Å². The predicted molar refractivity (Wildman–Crippen MR) is 109 cm³/mol. The van der Waals surface area contributed by atoms with E-state index in [-0.39, 0.29) is 17.9 Å². The summed E-state index contributed by atoms with van der Waals surface area (Å²) in [6.45, 7) is 4.28. The smallest absolute Gasteiger partial charge is 0.223 e. The molecule has 0 bridgehead atoms. The van der Waals surface area contributed by atoms with Gasteiger partial charge in [0.25, 0.3) is 0 Å². The zero-order valence-electron chi connectivity index (χ0n) is 16.1. The van der Waals surface area contributed by atoms with Gasteiger partial charge in [-0.05, 0) is 68.1 Å². The van der Waals surface area contributed by atoms with Gasteiger partial charge in [-0.25, -0.2) is 0 Å². The van der Waals surface area contributed by atoms with Crippen LogP contribution in [0, 0.1) is 11.8 Å². The highest BCUT2D eigenvalue weighted by Gasteiger charge is 2.30. The van der Waals surface area contributed by atoms with Gasteiger partial charge in [-0.1, -0.05) is 19.9 Å². The molecule has 2 N–H and O–H groups in total. The van der Waals surface area contributed by atoms with Crippen molar-refractivity contribution in [1.29, 1.82) is 0 Å². The lowest BCUT2D eigenvalue weighted by atomic mass is 9.84. The van der Waals surface area contributed by atoms with E-state index in [0.29, 0.717) is 18.0 Å². The first-order chi connectivity index (χ1) is 12.6. The number of hydrogen-bond acceptors (Lipinski definition) is 4. The van der Waals surface area contributed by atoms with E-state index in [9.17, 15) is 4.79 Å². The maximum Gasteiger partial charge on any atom is 0.223 e. The maximum absolute atomic E-state index is 12.8. The summed E-state index contributed by atoms with van der Waals surface area (Å²) in [6.07, 6.45) is 8.64. The van der Waals surface area contributed by atoms with E-state index in [1.54, 1.807) is 6.20 Å². The van der Waals surface area contributed by atoms with Crippen LogP contribution in [-0.4, -0.2) is 34.5 Å². The van der Waals surface area contributed by atoms with Crippen molar-refractivity contribution in [2.24, 2.45) is 11.8 Å². The molecular weight excluding hydrogens is 342 g/mol. The van der Waals surface area contributed by atoms with Crippen LogP contribution >= 0.6 is 11.8 Å². The van der Waals surface area contributed by atoms with Gasteiger partial charge in [-0.2, -0.15) is 11.8 Å². The number of thioether (sulfide) groups is 1. The van der Waals surface area contributed by atoms with Gasteiger partial charge in [0, 0.05) is 24.2 Å². The zero-order valence-corrected chi connectivity index (χ0v) is 16.9. The number of hydrogen-bond donors (Lipinski definition) is 2. The normalized spacial score (nSPS) is 25.8. The van der Waals surface area contributed by atoms with E-state index < -0.39 is 0 Å². The first-order valence-electron chi connectivity index (χ1n) is 10.2. The van der Waals surface area contributed by atoms with Crippen LogP contribution in [0.2, 0.25) is 0 Å². The van der Waals surface area contributed by atoms with Gasteiger partial charge < -0.3 is 10.6 Å². The molecule has 1 aliphatic heterocycles. The molecule has 2 aliphatic rings. The fraction of sp³-hybridized carbons (Fsp3) is 0.714. The monoisotopic (exact) mass is 375 g/mol. The second-order valence-corrected chi connectivity index (χ2v) is 9.31. The molecule has 4 nitrogen and oxygen atoms in total. The highest BCUT2D eigenvalue weighted by atomic mass is 32.2. The Hall–Kier alpha value is -1.07. The molecular formula is C21H33N3OS. The molecule has 1 aromatic heterocycles. The number of aromatic nitrogens is 1. The summed E-state index contributed by atoms with van der Waals surface area (Å²) in [5.74, 6) is 3.27. The van der Waals surface area contributed by atoms with Gasteiger partial charge in [0.05, 0.1) is 11.7 Å². The molecule has 2 heterocycles. The molecule has 0 radical (unpaired) electrons. The molecule has 0 aromatic carbocycles. The number of nitrogens with one attached hydrogen (secondary N) is 2. The van der Waals surface area contributed by atoms with E-state index in [1.807, 2.05) is 18.2 Å². The van der Waals surface area contributed by atoms with Crippen molar-refractivity contribution in [2.45, 2.75) is 70.5 Å². The minimum Gasteiger partial charge on any atom is -0.347 e. The van der Waals surface area contributed by atoms with Crippen molar-refractivity contribution in [2.75, 3.05) is 11.5 Å². The van der Waals surface area contributed by atoms with Crippen molar-refractivity contribution in [3.63, 3.8) is 0 Å². The van der Waals surface area contributed by atoms with Crippen molar-refractivity contribution in [3.8, 4) is 0 Å². The van der Waals surface area contributed by atoms with Gasteiger partial charge in [0.1, 0.15) is 0 Å². The van der Waals surface area contributed by atoms with E-state index >= 15 is 0 Å². The molecule has 1 aromatic rings. The van der Waals surface area contributed by atoms with Gasteiger partial charge in [0.15, 0.2) is 0 Å². The van der Waals surface area contributed by atoms with Crippen LogP contribution in [-0.2, 0) is 4.79 Å². The second kappa shape index (κ2) is 9.75. The summed E-state index contributed by atoms with van der Waals surface area (Å²) in [6, 6.07) is 7.21. The second-order valence-electron chi connectivity index (χ2n) is 8.09. The summed E-state index contributed by atoms with van der Waals surface area (Å²) in [5, 5.41) is 7.12. The third-order valence-electron chi connectivity index (χ3n) is 5.76. The summed E-state index contributed by atoms with van der Waals surface area (Å²) in [5.41, 5.74) is 0.960. The van der Waals surface area contributed by atoms with E-state index in [2.05, 4.69) is 41.2 Å². The van der Waals surface area contributed by atoms with Crippen LogP contribution in [0.4, 0.5) is 0 Å². The number of rotatable bonds is 6. The van der Waals surface area contributed by atoms with Crippen LogP contribution in [0.15, 0.2) is 24.4 Å². The molecule has 1 saturated heterocycles. The highest BCUT2D eigenvalue weighted by molar-refractivity contribution is 7.99. The lowest BCUT2D eigenvalue weighted by Gasteiger charge is -2.34. The van der Waals surface area contributed by atoms with Crippen molar-refractivity contribution in [1.82, 2.24) is 15.6 Å². The summed E-state index contributed by atoms with van der Waals surface area (Å²) < 4.78 is 0. The lowest BCUT2D eigenvalue weighted by molar-refractivity contribution is -0.127. The largest absolute Gasteiger partial charge is 0.347 e. The first kappa shape index (κ1) is 19.7. The molecule has 1 unspecified atom stereocenters. The number of carbonyl (C=O) groups is 1. The van der Waals surface area contributed by atoms with Gasteiger partial charge >= 0.3 is 0 Å². The number of amides is 1. The molecule has 3 rings (SSSR count). The lowest BCUT2D eigenvalue weighted by Crippen LogP contribution is -2.44. The van der Waals surface area contributed by atoms with Gasteiger partial charge in [0.2, 0.25) is 5.91 Å². The maximum atomic E-state index is 12.8. The quantitative estimate of drug-likeness (QED) is 0.791. The van der Waals surface area contributed by atoms with Crippen LogP contribution in [0.1, 0.15) is 64.1 Å². The predicted octanol–water partition coefficient (Wildman–Crippen LogP) is 3.94. The van der Waals surface area contributed by atoms with E-state index in [4.69, 9.17) is 0 Å². The third kappa shape index (κ3) is 5.46. The van der Waals surface area contributed by atoms with Crippen molar-refractivity contribution >= 4 is 17.7 Å². The Labute approximate surface area is 162 Å². The average Bonchev–Trinajstić information content (AvgIpc) is 2.68. The SMILES string of the molecule is CC(C)C(NC(=O)C1CCC(NC2CCSCC2)CC1)c1ccccn1. The number of pyridine rings is 1. The van der Waals surface area contributed by atoms with E-state index in [0.717, 1.165) is 31.4 Å². The highest BCUT2D eigenvalue weighted by Crippen LogP contribution is 2.28. The molecule has 1 atom stereocenters. The summed E-state index contributed by atoms with van der Waals surface area (Å²) >= 11 is 2.07. The van der Waals surface area contributed by atoms with Crippen LogP contribution in [0.25, 0.3) is 0 Å². The Bertz CT molecular complexity index is 552. The minimum atomic E-state index is -0.000660. The molecule has 1 saturated carbocycles. The third-order valence-corrected chi connectivity index (χ3v) is 6.81. The summed E-state index contributed by atoms with van der Waals surface area (Å²) in [7, 11) is 0. The standard InChI is InChI=1S/C21H33N3OS/c1-15(2)20(19-5-3-4-12-22-19)24-21(25)16-6-8-17(9-7-16)23-18-10-13-26-14-11-18/h3-5,12,15-18,20,23H,6-11,13-14H2,1-2H3,(H,24,25). The average molecular weight is 376 g/mol. The Morgan fingerprint density at radius 1 is 1.08 bits per heavy atom. The zero-order chi connectivity index (χ0) is 18.4. The molecule has 0 spiro atoms. The molecule has 26 heavy (non-hydrogen) atoms. The molecule has 1 amide bonds. The Balaban J connectivity index is 1.48. The molecule has 2 fully saturated rings. The Morgan fingerprint density at radius 2 is 1.77 bits per heavy atom. The molecule has 5 heteroatoms. The van der Waals surface area contributed by atoms with E-state index in [1.165, 1.54) is 24.3 Å². The minimum absolute atomic E-state index is 0.000660. The van der Waals surface area contributed by atoms with Crippen LogP contribution in [0.3, 0.4) is 0 Å². The molecule has 1 aliphatic carbocycles. The Morgan fingerprint density at radius 3 is 2.38 bits per heavy atom. The topological polar surface area (TPSA) is 54.0 Å². The fourth-order valence-electron chi connectivity index (χ4n) is 4.13. The summed E-state index contributed by atoms with van der Waals surface area (Å²) in [4.78, 5) is 17.3. The molecule has 144 valence electrons. The fourth-order valence-corrected chi connectivity index (χ4v) is 5.24. The van der Waals surface area contributed by atoms with Gasteiger partial charge in [-0.3, -0.25) is 9.78 Å². The first-order valence-corrected chi connectivity index (χ1v) is 11.3. The number of nitrogens with zero attached hydrogens (tertiary/aromatic N) is 1. The van der Waals surface area contributed by atoms with Gasteiger partial charge in [-0.15, -0.1) is 0 Å². The number of carbonyl (C=O) groups excluding carboxylic acids is 1. The van der Waals surface area contributed by atoms with Crippen LogP contribution < -0.4 is 10.6 Å². The Kier molecular flexibility index (Phi) is 7.38. The van der Waals surface area contributed by atoms with Crippen molar-refractivity contribution in [3.05, 3.63) is 30.1 Å². The van der Waals surface area contributed by atoms with Crippen LogP contribution in [0.5, 0.6) is 0 Å².